The molecular formula is C13H20N2O. The van der Waals surface area contributed by atoms with E-state index < -0.39 is 0 Å². The Bertz CT molecular complexity index is 337. The van der Waals surface area contributed by atoms with Crippen LogP contribution in [0.4, 0.5) is 0 Å². The van der Waals surface area contributed by atoms with Gasteiger partial charge in [0.25, 0.3) is 0 Å². The van der Waals surface area contributed by atoms with Gasteiger partial charge in [-0.25, -0.2) is 0 Å². The summed E-state index contributed by atoms with van der Waals surface area (Å²) in [6.07, 6.45) is 0. The predicted molar refractivity (Wildman–Crippen MR) is 66.1 cm³/mol. The van der Waals surface area contributed by atoms with Gasteiger partial charge in [-0.2, -0.15) is 0 Å². The van der Waals surface area contributed by atoms with Gasteiger partial charge in [0.1, 0.15) is 0 Å². The molecule has 0 aromatic heterocycles. The first kappa shape index (κ1) is 12.7. The molecule has 0 aliphatic carbocycles. The van der Waals surface area contributed by atoms with Crippen LogP contribution < -0.4 is 5.73 Å². The Balaban J connectivity index is 2.75. The fraction of sp³-hybridized carbons (Fsp3) is 0.462. The highest BCUT2D eigenvalue weighted by atomic mass is 16.2. The molecule has 88 valence electrons. The Kier molecular flexibility index (Phi) is 4.50. The lowest BCUT2D eigenvalue weighted by Crippen LogP contribution is -2.41. The molecule has 3 nitrogen and oxygen atoms in total. The summed E-state index contributed by atoms with van der Waals surface area (Å²) in [6, 6.07) is 9.88. The standard InChI is InChI=1S/C13H20N2O/c1-10(9-14)15(3)13(16)11(2)12-7-5-4-6-8-12/h4-8,10-11H,9,14H2,1-3H3. The van der Waals surface area contributed by atoms with E-state index in [2.05, 4.69) is 0 Å². The number of carbonyl (C=O) groups excluding carboxylic acids is 1. The molecule has 0 aliphatic heterocycles. The van der Waals surface area contributed by atoms with Crippen molar-refractivity contribution in [3.05, 3.63) is 35.9 Å². The molecule has 1 rings (SSSR count). The second kappa shape index (κ2) is 5.66. The minimum Gasteiger partial charge on any atom is -0.341 e. The van der Waals surface area contributed by atoms with Crippen LogP contribution in [0.2, 0.25) is 0 Å². The topological polar surface area (TPSA) is 46.3 Å². The van der Waals surface area contributed by atoms with Crippen molar-refractivity contribution in [2.75, 3.05) is 13.6 Å². The van der Waals surface area contributed by atoms with Gasteiger partial charge in [0.2, 0.25) is 5.91 Å². The zero-order valence-corrected chi connectivity index (χ0v) is 10.2. The molecule has 1 aromatic carbocycles. The van der Waals surface area contributed by atoms with Gasteiger partial charge in [0.15, 0.2) is 0 Å². The van der Waals surface area contributed by atoms with Gasteiger partial charge in [0, 0.05) is 19.6 Å². The first-order chi connectivity index (χ1) is 7.57. The van der Waals surface area contributed by atoms with E-state index in [1.54, 1.807) is 11.9 Å². The molecule has 2 N–H and O–H groups in total. The van der Waals surface area contributed by atoms with Gasteiger partial charge in [-0.3, -0.25) is 4.79 Å². The van der Waals surface area contributed by atoms with Crippen LogP contribution in [0.5, 0.6) is 0 Å². The first-order valence-corrected chi connectivity index (χ1v) is 5.59. The third-order valence-corrected chi connectivity index (χ3v) is 3.02. The molecule has 16 heavy (non-hydrogen) atoms. The number of nitrogens with zero attached hydrogens (tertiary/aromatic N) is 1. The number of hydrogen-bond donors (Lipinski definition) is 1. The molecule has 0 aliphatic rings. The van der Waals surface area contributed by atoms with Gasteiger partial charge in [-0.1, -0.05) is 30.3 Å². The van der Waals surface area contributed by atoms with E-state index in [0.717, 1.165) is 5.56 Å². The van der Waals surface area contributed by atoms with E-state index in [1.165, 1.54) is 0 Å². The molecule has 0 bridgehead atoms. The second-order valence-corrected chi connectivity index (χ2v) is 4.17. The molecule has 0 saturated carbocycles. The second-order valence-electron chi connectivity index (χ2n) is 4.17. The first-order valence-electron chi connectivity index (χ1n) is 5.59. The Labute approximate surface area is 97.2 Å². The zero-order chi connectivity index (χ0) is 12.1. The quantitative estimate of drug-likeness (QED) is 0.837. The number of hydrogen-bond acceptors (Lipinski definition) is 2. The van der Waals surface area contributed by atoms with Crippen molar-refractivity contribution >= 4 is 5.91 Å². The average Bonchev–Trinajstić information content (AvgIpc) is 2.36. The van der Waals surface area contributed by atoms with Crippen molar-refractivity contribution in [1.82, 2.24) is 4.90 Å². The SMILES string of the molecule is CC(C(=O)N(C)C(C)CN)c1ccccc1. The highest BCUT2D eigenvalue weighted by Gasteiger charge is 2.21. The monoisotopic (exact) mass is 220 g/mol. The van der Waals surface area contributed by atoms with Crippen LogP contribution in [0.25, 0.3) is 0 Å². The fourth-order valence-corrected chi connectivity index (χ4v) is 1.57. The number of likely N-dealkylation sites (N-methyl/N-ethyl adjacent to an activating group) is 1. The molecule has 0 fully saturated rings. The maximum atomic E-state index is 12.1. The van der Waals surface area contributed by atoms with E-state index >= 15 is 0 Å². The van der Waals surface area contributed by atoms with Gasteiger partial charge in [-0.05, 0) is 19.4 Å². The van der Waals surface area contributed by atoms with Gasteiger partial charge < -0.3 is 10.6 Å². The number of rotatable bonds is 4. The molecule has 1 aromatic rings. The summed E-state index contributed by atoms with van der Waals surface area (Å²) in [4.78, 5) is 13.8. The molecule has 0 heterocycles. The van der Waals surface area contributed by atoms with Crippen molar-refractivity contribution < 1.29 is 4.79 Å². The molecular weight excluding hydrogens is 200 g/mol. The Hall–Kier alpha value is -1.35. The van der Waals surface area contributed by atoms with Crippen LogP contribution in [-0.2, 0) is 4.79 Å². The van der Waals surface area contributed by atoms with Crippen molar-refractivity contribution in [2.24, 2.45) is 5.73 Å². The molecule has 2 unspecified atom stereocenters. The molecule has 2 atom stereocenters. The van der Waals surface area contributed by atoms with Gasteiger partial charge in [0.05, 0.1) is 5.92 Å². The van der Waals surface area contributed by atoms with Crippen molar-refractivity contribution in [3.8, 4) is 0 Å². The number of carbonyl (C=O) groups is 1. The lowest BCUT2D eigenvalue weighted by Gasteiger charge is -2.26. The minimum atomic E-state index is -0.111. The van der Waals surface area contributed by atoms with Crippen molar-refractivity contribution in [2.45, 2.75) is 25.8 Å². The Morgan fingerprint density at radius 1 is 1.31 bits per heavy atom. The van der Waals surface area contributed by atoms with E-state index in [9.17, 15) is 4.79 Å². The Morgan fingerprint density at radius 2 is 1.88 bits per heavy atom. The van der Waals surface area contributed by atoms with Crippen LogP contribution in [0.15, 0.2) is 30.3 Å². The van der Waals surface area contributed by atoms with Crippen molar-refractivity contribution in [1.29, 1.82) is 0 Å². The minimum absolute atomic E-state index is 0.0821. The van der Waals surface area contributed by atoms with E-state index in [0.29, 0.717) is 6.54 Å². The fourth-order valence-electron chi connectivity index (χ4n) is 1.57. The van der Waals surface area contributed by atoms with Crippen molar-refractivity contribution in [3.63, 3.8) is 0 Å². The maximum Gasteiger partial charge on any atom is 0.229 e. The third kappa shape index (κ3) is 2.83. The van der Waals surface area contributed by atoms with Crippen LogP contribution in [0, 0.1) is 0 Å². The predicted octanol–water partition coefficient (Wildman–Crippen LogP) is 1.60. The average molecular weight is 220 g/mol. The largest absolute Gasteiger partial charge is 0.341 e. The summed E-state index contributed by atoms with van der Waals surface area (Å²) >= 11 is 0. The Morgan fingerprint density at radius 3 is 2.38 bits per heavy atom. The number of nitrogens with two attached hydrogens (primary N) is 1. The van der Waals surface area contributed by atoms with Gasteiger partial charge in [-0.15, -0.1) is 0 Å². The number of amides is 1. The summed E-state index contributed by atoms with van der Waals surface area (Å²) in [5, 5.41) is 0. The van der Waals surface area contributed by atoms with Gasteiger partial charge >= 0.3 is 0 Å². The van der Waals surface area contributed by atoms with E-state index in [4.69, 9.17) is 5.73 Å². The molecule has 0 saturated heterocycles. The summed E-state index contributed by atoms with van der Waals surface area (Å²) in [5.41, 5.74) is 6.60. The maximum absolute atomic E-state index is 12.1. The van der Waals surface area contributed by atoms with E-state index in [-0.39, 0.29) is 17.9 Å². The summed E-state index contributed by atoms with van der Waals surface area (Å²) < 4.78 is 0. The van der Waals surface area contributed by atoms with Crippen LogP contribution >= 0.6 is 0 Å². The zero-order valence-electron chi connectivity index (χ0n) is 10.2. The summed E-state index contributed by atoms with van der Waals surface area (Å²) in [6.45, 7) is 4.37. The van der Waals surface area contributed by atoms with E-state index in [1.807, 2.05) is 44.2 Å². The summed E-state index contributed by atoms with van der Waals surface area (Å²) in [5.74, 6) is 0.00403. The molecule has 0 spiro atoms. The van der Waals surface area contributed by atoms with Crippen LogP contribution in [0.1, 0.15) is 25.3 Å². The lowest BCUT2D eigenvalue weighted by atomic mass is 9.99. The highest BCUT2D eigenvalue weighted by molar-refractivity contribution is 5.83. The smallest absolute Gasteiger partial charge is 0.229 e. The summed E-state index contributed by atoms with van der Waals surface area (Å²) in [7, 11) is 1.80. The highest BCUT2D eigenvalue weighted by Crippen LogP contribution is 2.17. The van der Waals surface area contributed by atoms with Crippen LogP contribution in [0.3, 0.4) is 0 Å². The van der Waals surface area contributed by atoms with Crippen LogP contribution in [-0.4, -0.2) is 30.4 Å². The number of benzene rings is 1. The third-order valence-electron chi connectivity index (χ3n) is 3.02. The molecule has 3 heteroatoms. The molecule has 0 radical (unpaired) electrons. The lowest BCUT2D eigenvalue weighted by molar-refractivity contribution is -0.132. The molecule has 1 amide bonds. The normalized spacial score (nSPS) is 14.2.